The smallest absolute Gasteiger partial charge is 0.338 e. The Hall–Kier alpha value is -2.47. The maximum atomic E-state index is 12.4. The lowest BCUT2D eigenvalue weighted by atomic mass is 9.70. The molecule has 0 bridgehead atoms. The fourth-order valence-electron chi connectivity index (χ4n) is 4.43. The number of benzene rings is 1. The van der Waals surface area contributed by atoms with Crippen molar-refractivity contribution in [3.05, 3.63) is 41.5 Å². The molecule has 1 saturated heterocycles. The second kappa shape index (κ2) is 9.56. The zero-order valence-corrected chi connectivity index (χ0v) is 18.1. The van der Waals surface area contributed by atoms with E-state index in [1.54, 1.807) is 31.2 Å². The maximum Gasteiger partial charge on any atom is 0.338 e. The fourth-order valence-corrected chi connectivity index (χ4v) is 4.43. The Bertz CT molecular complexity index is 829. The fraction of sp³-hybridized carbons (Fsp3) is 0.542. The average molecular weight is 414 g/mol. The number of rotatable bonds is 10. The molecule has 2 heterocycles. The maximum absolute atomic E-state index is 12.4. The molecule has 0 aromatic heterocycles. The van der Waals surface area contributed by atoms with Gasteiger partial charge in [0.25, 0.3) is 11.8 Å². The summed E-state index contributed by atoms with van der Waals surface area (Å²) in [5.74, 6) is -1.10. The second-order valence-corrected chi connectivity index (χ2v) is 8.29. The monoisotopic (exact) mass is 413 g/mol. The van der Waals surface area contributed by atoms with Gasteiger partial charge in [-0.05, 0) is 56.9 Å². The van der Waals surface area contributed by atoms with Crippen LogP contribution in [0.1, 0.15) is 69.7 Å². The summed E-state index contributed by atoms with van der Waals surface area (Å²) in [7, 11) is 0. The Morgan fingerprint density at radius 1 is 1.17 bits per heavy atom. The molecular formula is C24H31NO5. The molecule has 2 aliphatic heterocycles. The van der Waals surface area contributed by atoms with Crippen LogP contribution in [0.15, 0.2) is 35.9 Å². The minimum Gasteiger partial charge on any atom is -0.462 e. The van der Waals surface area contributed by atoms with Crippen LogP contribution < -0.4 is 4.90 Å². The van der Waals surface area contributed by atoms with Gasteiger partial charge in [-0.2, -0.15) is 0 Å². The Kier molecular flexibility index (Phi) is 7.08. The number of nitrogens with zero attached hydrogens (tertiary/aromatic N) is 1. The first-order chi connectivity index (χ1) is 14.4. The third-order valence-electron chi connectivity index (χ3n) is 6.07. The van der Waals surface area contributed by atoms with Gasteiger partial charge in [0.2, 0.25) is 0 Å². The molecule has 6 heteroatoms. The predicted molar refractivity (Wildman–Crippen MR) is 114 cm³/mol. The van der Waals surface area contributed by atoms with Gasteiger partial charge in [-0.15, -0.1) is 0 Å². The highest BCUT2D eigenvalue weighted by Crippen LogP contribution is 2.45. The minimum absolute atomic E-state index is 0.236. The van der Waals surface area contributed by atoms with Gasteiger partial charge < -0.3 is 9.47 Å². The van der Waals surface area contributed by atoms with Crippen molar-refractivity contribution in [3.63, 3.8) is 0 Å². The summed E-state index contributed by atoms with van der Waals surface area (Å²) in [4.78, 5) is 37.5. The van der Waals surface area contributed by atoms with Crippen molar-refractivity contribution in [2.24, 2.45) is 5.41 Å². The number of ether oxygens (including phenoxy) is 2. The summed E-state index contributed by atoms with van der Waals surface area (Å²) >= 11 is 0. The number of anilines is 1. The number of amides is 2. The first-order valence-electron chi connectivity index (χ1n) is 10.9. The Labute approximate surface area is 178 Å². The molecule has 0 spiro atoms. The Morgan fingerprint density at radius 3 is 2.43 bits per heavy atom. The molecule has 2 unspecified atom stereocenters. The Balaban J connectivity index is 1.50. The zero-order valence-electron chi connectivity index (χ0n) is 18.1. The molecule has 2 aliphatic rings. The van der Waals surface area contributed by atoms with Crippen LogP contribution in [-0.2, 0) is 19.1 Å². The van der Waals surface area contributed by atoms with Crippen LogP contribution in [0, 0.1) is 5.41 Å². The third-order valence-corrected chi connectivity index (χ3v) is 6.07. The Morgan fingerprint density at radius 2 is 1.90 bits per heavy atom. The molecule has 2 amide bonds. The summed E-state index contributed by atoms with van der Waals surface area (Å²) < 4.78 is 11.3. The van der Waals surface area contributed by atoms with Gasteiger partial charge in [-0.3, -0.25) is 9.59 Å². The van der Waals surface area contributed by atoms with Crippen LogP contribution >= 0.6 is 0 Å². The SMILES string of the molecule is CCCC1OCC1(CCC)CCCOC(=O)c1ccc(N2C(=O)C=C(C)C2=O)cc1. The molecule has 1 aromatic carbocycles. The molecular weight excluding hydrogens is 382 g/mol. The molecule has 6 nitrogen and oxygen atoms in total. The van der Waals surface area contributed by atoms with E-state index in [4.69, 9.17) is 9.47 Å². The first-order valence-corrected chi connectivity index (χ1v) is 10.9. The van der Waals surface area contributed by atoms with Crippen LogP contribution in [0.3, 0.4) is 0 Å². The lowest BCUT2D eigenvalue weighted by Gasteiger charge is -2.50. The number of esters is 1. The lowest BCUT2D eigenvalue weighted by Crippen LogP contribution is -2.51. The molecule has 162 valence electrons. The topological polar surface area (TPSA) is 72.9 Å². The average Bonchev–Trinajstić information content (AvgIpc) is 2.99. The molecule has 0 aliphatic carbocycles. The highest BCUT2D eigenvalue weighted by molar-refractivity contribution is 6.30. The highest BCUT2D eigenvalue weighted by Gasteiger charge is 2.46. The molecule has 1 aromatic rings. The van der Waals surface area contributed by atoms with E-state index in [2.05, 4.69) is 13.8 Å². The van der Waals surface area contributed by atoms with Crippen molar-refractivity contribution in [1.29, 1.82) is 0 Å². The van der Waals surface area contributed by atoms with Crippen LogP contribution in [0.5, 0.6) is 0 Å². The normalized spacial score (nSPS) is 23.4. The number of hydrogen-bond donors (Lipinski definition) is 0. The van der Waals surface area contributed by atoms with E-state index in [-0.39, 0.29) is 17.2 Å². The first kappa shape index (κ1) is 22.2. The molecule has 1 fully saturated rings. The quantitative estimate of drug-likeness (QED) is 0.322. The van der Waals surface area contributed by atoms with Crippen LogP contribution in [-0.4, -0.2) is 37.1 Å². The van der Waals surface area contributed by atoms with Crippen LogP contribution in [0.4, 0.5) is 5.69 Å². The third kappa shape index (κ3) is 4.48. The summed E-state index contributed by atoms with van der Waals surface area (Å²) in [6, 6.07) is 6.36. The summed E-state index contributed by atoms with van der Waals surface area (Å²) in [5.41, 5.74) is 1.49. The molecule has 2 atom stereocenters. The van der Waals surface area contributed by atoms with E-state index in [1.807, 2.05) is 0 Å². The number of hydrogen-bond acceptors (Lipinski definition) is 5. The second-order valence-electron chi connectivity index (χ2n) is 8.29. The largest absolute Gasteiger partial charge is 0.462 e. The minimum atomic E-state index is -0.394. The molecule has 0 N–H and O–H groups in total. The summed E-state index contributed by atoms with van der Waals surface area (Å²) in [5, 5.41) is 0. The van der Waals surface area contributed by atoms with Gasteiger partial charge in [0, 0.05) is 17.1 Å². The van der Waals surface area contributed by atoms with Crippen molar-refractivity contribution in [1.82, 2.24) is 0 Å². The van der Waals surface area contributed by atoms with Crippen molar-refractivity contribution in [2.75, 3.05) is 18.1 Å². The molecule has 0 radical (unpaired) electrons. The van der Waals surface area contributed by atoms with Crippen molar-refractivity contribution < 1.29 is 23.9 Å². The number of carbonyl (C=O) groups is 3. The predicted octanol–water partition coefficient (Wildman–Crippen LogP) is 4.43. The van der Waals surface area contributed by atoms with Crippen LogP contribution in [0.25, 0.3) is 0 Å². The standard InChI is InChI=1S/C24H31NO5/c1-4-7-20-24(12-5-2,16-30-20)13-6-14-29-23(28)18-8-10-19(11-9-18)25-21(26)15-17(3)22(25)27/h8-11,15,20H,4-7,12-14,16H2,1-3H3. The van der Waals surface area contributed by atoms with Gasteiger partial charge in [0.1, 0.15) is 0 Å². The van der Waals surface area contributed by atoms with E-state index in [1.165, 1.54) is 6.08 Å². The lowest BCUT2D eigenvalue weighted by molar-refractivity contribution is -0.198. The molecule has 0 saturated carbocycles. The molecule has 30 heavy (non-hydrogen) atoms. The van der Waals surface area contributed by atoms with Crippen molar-refractivity contribution in [3.8, 4) is 0 Å². The van der Waals surface area contributed by atoms with E-state index < -0.39 is 5.97 Å². The van der Waals surface area contributed by atoms with E-state index in [0.29, 0.717) is 29.5 Å². The van der Waals surface area contributed by atoms with Gasteiger partial charge in [0.15, 0.2) is 0 Å². The molecule has 3 rings (SSSR count). The van der Waals surface area contributed by atoms with Crippen LogP contribution in [0.2, 0.25) is 0 Å². The van der Waals surface area contributed by atoms with Crippen molar-refractivity contribution in [2.45, 2.75) is 65.4 Å². The van der Waals surface area contributed by atoms with Gasteiger partial charge >= 0.3 is 5.97 Å². The van der Waals surface area contributed by atoms with Crippen molar-refractivity contribution >= 4 is 23.5 Å². The number of imide groups is 1. The van der Waals surface area contributed by atoms with Gasteiger partial charge in [-0.1, -0.05) is 26.7 Å². The summed E-state index contributed by atoms with van der Waals surface area (Å²) in [6.45, 7) is 7.17. The number of carbonyl (C=O) groups excluding carboxylic acids is 3. The van der Waals surface area contributed by atoms with E-state index in [9.17, 15) is 14.4 Å². The highest BCUT2D eigenvalue weighted by atomic mass is 16.5. The van der Waals surface area contributed by atoms with Gasteiger partial charge in [-0.25, -0.2) is 9.69 Å². The van der Waals surface area contributed by atoms with E-state index >= 15 is 0 Å². The van der Waals surface area contributed by atoms with Gasteiger partial charge in [0.05, 0.1) is 30.6 Å². The zero-order chi connectivity index (χ0) is 21.7. The summed E-state index contributed by atoms with van der Waals surface area (Å²) in [6.07, 6.45) is 7.95. The van der Waals surface area contributed by atoms with E-state index in [0.717, 1.165) is 50.0 Å².